The van der Waals surface area contributed by atoms with Gasteiger partial charge in [0, 0.05) is 18.1 Å². The van der Waals surface area contributed by atoms with Crippen molar-refractivity contribution in [3.8, 4) is 11.5 Å². The minimum absolute atomic E-state index is 0.115. The predicted octanol–water partition coefficient (Wildman–Crippen LogP) is 4.18. The first-order valence-electron chi connectivity index (χ1n) is 10.7. The molecule has 0 unspecified atom stereocenters. The number of ether oxygens (including phenoxy) is 2. The van der Waals surface area contributed by atoms with Gasteiger partial charge >= 0.3 is 0 Å². The second kappa shape index (κ2) is 9.64. The highest BCUT2D eigenvalue weighted by atomic mass is 16.5. The molecule has 1 heterocycles. The van der Waals surface area contributed by atoms with Crippen LogP contribution in [-0.2, 0) is 12.8 Å². The first kappa shape index (κ1) is 21.7. The van der Waals surface area contributed by atoms with Crippen LogP contribution in [0, 0.1) is 5.92 Å². The Balaban J connectivity index is 1.74. The third kappa shape index (κ3) is 5.12. The molecule has 0 radical (unpaired) electrons. The van der Waals surface area contributed by atoms with Crippen LogP contribution in [-0.4, -0.2) is 50.8 Å². The van der Waals surface area contributed by atoms with E-state index in [0.717, 1.165) is 43.9 Å². The molecule has 0 saturated carbocycles. The summed E-state index contributed by atoms with van der Waals surface area (Å²) in [6.07, 6.45) is 3.19. The zero-order valence-electron chi connectivity index (χ0n) is 18.6. The van der Waals surface area contributed by atoms with Crippen LogP contribution >= 0.6 is 0 Å². The molecule has 3 atom stereocenters. The molecule has 3 rings (SSSR count). The summed E-state index contributed by atoms with van der Waals surface area (Å²) in [5.74, 6) is 2.15. The SMILES string of the molecule is COc1ccc(CCN[C@@]2(Cc3ccccc3)C[C@@H](C)N(C)C[C@H]2C)cc1OC. The number of likely N-dealkylation sites (tertiary alicyclic amines) is 1. The molecular formula is C25H36N2O2. The van der Waals surface area contributed by atoms with Crippen LogP contribution in [0.2, 0.25) is 0 Å². The Bertz CT molecular complexity index is 780. The van der Waals surface area contributed by atoms with Gasteiger partial charge in [0.15, 0.2) is 11.5 Å². The molecule has 1 saturated heterocycles. The number of methoxy groups -OCH3 is 2. The summed E-state index contributed by atoms with van der Waals surface area (Å²) in [5, 5.41) is 4.00. The molecule has 0 amide bonds. The fourth-order valence-corrected chi connectivity index (χ4v) is 4.68. The molecule has 0 aliphatic carbocycles. The number of rotatable bonds is 8. The zero-order chi connectivity index (χ0) is 20.9. The summed E-state index contributed by atoms with van der Waals surface area (Å²) in [6.45, 7) is 6.82. The molecule has 1 aliphatic rings. The molecule has 158 valence electrons. The normalized spacial score (nSPS) is 25.0. The average Bonchev–Trinajstić information content (AvgIpc) is 2.73. The topological polar surface area (TPSA) is 33.7 Å². The van der Waals surface area contributed by atoms with Crippen LogP contribution in [0.4, 0.5) is 0 Å². The van der Waals surface area contributed by atoms with Gasteiger partial charge in [0.05, 0.1) is 14.2 Å². The van der Waals surface area contributed by atoms with E-state index in [0.29, 0.717) is 12.0 Å². The summed E-state index contributed by atoms with van der Waals surface area (Å²) >= 11 is 0. The van der Waals surface area contributed by atoms with Crippen molar-refractivity contribution in [2.45, 2.75) is 44.7 Å². The van der Waals surface area contributed by atoms with Crippen molar-refractivity contribution < 1.29 is 9.47 Å². The van der Waals surface area contributed by atoms with Gasteiger partial charge in [-0.25, -0.2) is 0 Å². The lowest BCUT2D eigenvalue weighted by atomic mass is 9.72. The smallest absolute Gasteiger partial charge is 0.160 e. The van der Waals surface area contributed by atoms with Crippen LogP contribution in [0.1, 0.15) is 31.4 Å². The second-order valence-electron chi connectivity index (χ2n) is 8.58. The van der Waals surface area contributed by atoms with E-state index in [1.807, 2.05) is 6.07 Å². The van der Waals surface area contributed by atoms with Crippen LogP contribution in [0.25, 0.3) is 0 Å². The summed E-state index contributed by atoms with van der Waals surface area (Å²) in [4.78, 5) is 2.49. The Morgan fingerprint density at radius 3 is 2.41 bits per heavy atom. The lowest BCUT2D eigenvalue weighted by Crippen LogP contribution is -2.62. The molecule has 4 nitrogen and oxygen atoms in total. The van der Waals surface area contributed by atoms with Gasteiger partial charge in [0.1, 0.15) is 0 Å². The van der Waals surface area contributed by atoms with Crippen molar-refractivity contribution >= 4 is 0 Å². The fraction of sp³-hybridized carbons (Fsp3) is 0.520. The molecular weight excluding hydrogens is 360 g/mol. The number of benzene rings is 2. The number of nitrogens with zero attached hydrogens (tertiary/aromatic N) is 1. The van der Waals surface area contributed by atoms with Crippen molar-refractivity contribution in [2.75, 3.05) is 34.4 Å². The first-order valence-corrected chi connectivity index (χ1v) is 10.7. The number of hydrogen-bond acceptors (Lipinski definition) is 4. The van der Waals surface area contributed by atoms with Crippen molar-refractivity contribution in [3.05, 3.63) is 59.7 Å². The van der Waals surface area contributed by atoms with E-state index in [1.165, 1.54) is 11.1 Å². The average molecular weight is 397 g/mol. The zero-order valence-corrected chi connectivity index (χ0v) is 18.6. The van der Waals surface area contributed by atoms with Gasteiger partial charge in [-0.1, -0.05) is 43.3 Å². The molecule has 2 aromatic rings. The molecule has 0 bridgehead atoms. The monoisotopic (exact) mass is 396 g/mol. The van der Waals surface area contributed by atoms with Gasteiger partial charge in [-0.2, -0.15) is 0 Å². The molecule has 2 aromatic carbocycles. The van der Waals surface area contributed by atoms with E-state index in [9.17, 15) is 0 Å². The third-order valence-electron chi connectivity index (χ3n) is 6.62. The van der Waals surface area contributed by atoms with Crippen LogP contribution < -0.4 is 14.8 Å². The minimum Gasteiger partial charge on any atom is -0.493 e. The van der Waals surface area contributed by atoms with Crippen LogP contribution in [0.5, 0.6) is 11.5 Å². The Hall–Kier alpha value is -2.04. The number of piperidine rings is 1. The van der Waals surface area contributed by atoms with E-state index >= 15 is 0 Å². The molecule has 1 N–H and O–H groups in total. The van der Waals surface area contributed by atoms with Gasteiger partial charge in [0.25, 0.3) is 0 Å². The van der Waals surface area contributed by atoms with Gasteiger partial charge < -0.3 is 19.7 Å². The quantitative estimate of drug-likeness (QED) is 0.726. The second-order valence-corrected chi connectivity index (χ2v) is 8.58. The summed E-state index contributed by atoms with van der Waals surface area (Å²) in [5.41, 5.74) is 2.79. The maximum Gasteiger partial charge on any atom is 0.160 e. The Kier molecular flexibility index (Phi) is 7.20. The maximum atomic E-state index is 5.46. The van der Waals surface area contributed by atoms with Crippen LogP contribution in [0.15, 0.2) is 48.5 Å². The van der Waals surface area contributed by atoms with Crippen molar-refractivity contribution in [3.63, 3.8) is 0 Å². The molecule has 0 spiro atoms. The fourth-order valence-electron chi connectivity index (χ4n) is 4.68. The Morgan fingerprint density at radius 1 is 1.00 bits per heavy atom. The lowest BCUT2D eigenvalue weighted by Gasteiger charge is -2.50. The van der Waals surface area contributed by atoms with E-state index in [1.54, 1.807) is 14.2 Å². The summed E-state index contributed by atoms with van der Waals surface area (Å²) < 4.78 is 10.8. The molecule has 29 heavy (non-hydrogen) atoms. The molecule has 4 heteroatoms. The molecule has 1 aliphatic heterocycles. The van der Waals surface area contributed by atoms with Gasteiger partial charge in [-0.05, 0) is 69.0 Å². The predicted molar refractivity (Wildman–Crippen MR) is 120 cm³/mol. The van der Waals surface area contributed by atoms with Gasteiger partial charge in [0.2, 0.25) is 0 Å². The van der Waals surface area contributed by atoms with Crippen molar-refractivity contribution in [1.29, 1.82) is 0 Å². The summed E-state index contributed by atoms with van der Waals surface area (Å²) in [6, 6.07) is 17.7. The third-order valence-corrected chi connectivity index (χ3v) is 6.62. The Labute approximate surface area is 176 Å². The van der Waals surface area contributed by atoms with E-state index < -0.39 is 0 Å². The van der Waals surface area contributed by atoms with Crippen molar-refractivity contribution in [1.82, 2.24) is 10.2 Å². The highest BCUT2D eigenvalue weighted by Gasteiger charge is 2.42. The van der Waals surface area contributed by atoms with Gasteiger partial charge in [-0.15, -0.1) is 0 Å². The summed E-state index contributed by atoms with van der Waals surface area (Å²) in [7, 11) is 5.61. The van der Waals surface area contributed by atoms with E-state index in [4.69, 9.17) is 9.47 Å². The largest absolute Gasteiger partial charge is 0.493 e. The Morgan fingerprint density at radius 2 is 1.72 bits per heavy atom. The van der Waals surface area contributed by atoms with E-state index in [-0.39, 0.29) is 5.54 Å². The van der Waals surface area contributed by atoms with E-state index in [2.05, 4.69) is 73.6 Å². The lowest BCUT2D eigenvalue weighted by molar-refractivity contribution is 0.0547. The first-order chi connectivity index (χ1) is 14.0. The van der Waals surface area contributed by atoms with Gasteiger partial charge in [-0.3, -0.25) is 0 Å². The van der Waals surface area contributed by atoms with Crippen molar-refractivity contribution in [2.24, 2.45) is 5.92 Å². The standard InChI is InChI=1S/C25H36N2O2/c1-19-18-27(3)20(2)16-25(19,17-22-9-7-6-8-10-22)26-14-13-21-11-12-23(28-4)24(15-21)29-5/h6-12,15,19-20,26H,13-14,16-18H2,1-5H3/t19-,20-,25-/m1/s1. The highest BCUT2D eigenvalue weighted by Crippen LogP contribution is 2.34. The molecule has 0 aromatic heterocycles. The highest BCUT2D eigenvalue weighted by molar-refractivity contribution is 5.43. The minimum atomic E-state index is 0.115. The number of nitrogens with one attached hydrogen (secondary N) is 1. The maximum absolute atomic E-state index is 5.46. The number of hydrogen-bond donors (Lipinski definition) is 1. The molecule has 1 fully saturated rings. The van der Waals surface area contributed by atoms with Crippen LogP contribution in [0.3, 0.4) is 0 Å².